The first-order valence-corrected chi connectivity index (χ1v) is 17.4. The Bertz CT molecular complexity index is 1340. The molecule has 5 N–H and O–H groups in total. The summed E-state index contributed by atoms with van der Waals surface area (Å²) in [6.07, 6.45) is -2.38. The molecule has 1 fully saturated rings. The molecule has 4 atom stereocenters. The monoisotopic (exact) mass is 678 g/mol. The number of thioether (sulfide) groups is 2. The lowest BCUT2D eigenvalue weighted by molar-refractivity contribution is -0.118. The number of rotatable bonds is 13. The topological polar surface area (TPSA) is 210 Å². The number of phosphoric acid groups is 1. The Labute approximate surface area is 265 Å². The molecule has 0 radical (unpaired) electrons. The van der Waals surface area contributed by atoms with Crippen LogP contribution >= 0.6 is 31.3 Å². The second-order valence-electron chi connectivity index (χ2n) is 12.4. The maximum absolute atomic E-state index is 13.6. The number of nitrogens with one attached hydrogen (secondary N) is 1. The predicted octanol–water partition coefficient (Wildman–Crippen LogP) is 3.07. The molecule has 0 aliphatic carbocycles. The zero-order valence-electron chi connectivity index (χ0n) is 26.2. The van der Waals surface area contributed by atoms with Crippen LogP contribution in [0.5, 0.6) is 0 Å². The maximum Gasteiger partial charge on any atom is 0.474 e. The molecule has 2 aromatic rings. The van der Waals surface area contributed by atoms with E-state index in [9.17, 15) is 24.4 Å². The third-order valence-corrected chi connectivity index (χ3v) is 10.4. The summed E-state index contributed by atoms with van der Waals surface area (Å²) in [4.78, 5) is 32.9. The van der Waals surface area contributed by atoms with E-state index in [-0.39, 0.29) is 46.6 Å². The van der Waals surface area contributed by atoms with Gasteiger partial charge in [-0.2, -0.15) is 4.98 Å². The Kier molecular flexibility index (Phi) is 11.9. The highest BCUT2D eigenvalue weighted by atomic mass is 32.2. The minimum atomic E-state index is -4.26. The van der Waals surface area contributed by atoms with Gasteiger partial charge in [0.15, 0.2) is 21.7 Å². The zero-order valence-corrected chi connectivity index (χ0v) is 28.8. The van der Waals surface area contributed by atoms with Crippen LogP contribution in [0.3, 0.4) is 0 Å². The lowest BCUT2D eigenvalue weighted by Gasteiger charge is -2.26. The van der Waals surface area contributed by atoms with E-state index < -0.39 is 49.2 Å². The quantitative estimate of drug-likeness (QED) is 0.177. The van der Waals surface area contributed by atoms with E-state index in [1.807, 2.05) is 0 Å². The molecule has 0 amide bonds. The van der Waals surface area contributed by atoms with Crippen molar-refractivity contribution in [3.8, 4) is 0 Å². The standard InChI is InChI=1S/C26H43N6O9PS2/c1-24(2,3)21(34)43-11-9-38-42(37,39-10-12-44-22(35)25(4,5)6)40-14-16-17(33)26(7,36)18(41-16)15-13-29-20-19(28-8)30-23(27)31-32(15)20/h13,16-18,33,36H,9-12,14H2,1-8H3,(H3,27,28,30,31)/t16-,17-,18+,26-/m1/s1. The maximum atomic E-state index is 13.6. The Morgan fingerprint density at radius 1 is 1.11 bits per heavy atom. The molecule has 3 heterocycles. The average Bonchev–Trinajstić information content (AvgIpc) is 3.43. The van der Waals surface area contributed by atoms with Crippen molar-refractivity contribution in [1.82, 2.24) is 19.6 Å². The SMILES string of the molecule is CNc1nc(N)nn2c([C@@H]3O[C@H](COP(=O)(OCCSC(=O)C(C)(C)C)OCCSC(=O)C(C)(C)C)[C@@H](O)[C@@]3(C)O)cnc12. The summed E-state index contributed by atoms with van der Waals surface area (Å²) >= 11 is 2.06. The van der Waals surface area contributed by atoms with Crippen molar-refractivity contribution in [2.45, 2.75) is 72.4 Å². The summed E-state index contributed by atoms with van der Waals surface area (Å²) in [5.74, 6) is 0.676. The Morgan fingerprint density at radius 3 is 2.16 bits per heavy atom. The van der Waals surface area contributed by atoms with Gasteiger partial charge in [-0.15, -0.1) is 5.10 Å². The molecule has 1 saturated heterocycles. The van der Waals surface area contributed by atoms with E-state index in [2.05, 4.69) is 20.4 Å². The van der Waals surface area contributed by atoms with Gasteiger partial charge < -0.3 is 26.0 Å². The number of hydrogen-bond donors (Lipinski definition) is 4. The molecule has 0 aromatic carbocycles. The Balaban J connectivity index is 1.72. The van der Waals surface area contributed by atoms with Crippen molar-refractivity contribution in [3.05, 3.63) is 11.9 Å². The van der Waals surface area contributed by atoms with Crippen LogP contribution in [0.25, 0.3) is 5.65 Å². The molecule has 18 heteroatoms. The molecule has 0 saturated carbocycles. The van der Waals surface area contributed by atoms with Crippen LogP contribution < -0.4 is 11.1 Å². The zero-order chi connectivity index (χ0) is 33.1. The number of phosphoric ester groups is 1. The lowest BCUT2D eigenvalue weighted by Crippen LogP contribution is -2.43. The summed E-state index contributed by atoms with van der Waals surface area (Å²) in [6, 6.07) is 0. The number of aromatic nitrogens is 4. The van der Waals surface area contributed by atoms with E-state index in [0.717, 1.165) is 23.5 Å². The molecule has 3 rings (SSSR count). The first-order valence-electron chi connectivity index (χ1n) is 13.9. The number of nitrogen functional groups attached to an aromatic ring is 1. The van der Waals surface area contributed by atoms with Crippen molar-refractivity contribution >= 4 is 59.0 Å². The summed E-state index contributed by atoms with van der Waals surface area (Å²) < 4.78 is 37.6. The molecule has 1 aliphatic rings. The van der Waals surface area contributed by atoms with E-state index in [0.29, 0.717) is 11.5 Å². The smallest absolute Gasteiger partial charge is 0.387 e. The van der Waals surface area contributed by atoms with Crippen LogP contribution in [0.1, 0.15) is 60.3 Å². The van der Waals surface area contributed by atoms with E-state index in [1.54, 1.807) is 48.6 Å². The highest BCUT2D eigenvalue weighted by molar-refractivity contribution is 8.14. The van der Waals surface area contributed by atoms with Gasteiger partial charge in [0.2, 0.25) is 5.95 Å². The first-order chi connectivity index (χ1) is 20.3. The van der Waals surface area contributed by atoms with Gasteiger partial charge in [0.25, 0.3) is 0 Å². The fourth-order valence-electron chi connectivity index (χ4n) is 3.96. The summed E-state index contributed by atoms with van der Waals surface area (Å²) in [7, 11) is -2.62. The number of imidazole rings is 1. The predicted molar refractivity (Wildman–Crippen MR) is 168 cm³/mol. The summed E-state index contributed by atoms with van der Waals surface area (Å²) in [5, 5.41) is 29.2. The third kappa shape index (κ3) is 8.91. The second-order valence-corrected chi connectivity index (χ2v) is 16.2. The minimum Gasteiger partial charge on any atom is -0.387 e. The molecule has 0 unspecified atom stereocenters. The Morgan fingerprint density at radius 2 is 1.66 bits per heavy atom. The van der Waals surface area contributed by atoms with Crippen LogP contribution in [0, 0.1) is 10.8 Å². The van der Waals surface area contributed by atoms with Gasteiger partial charge in [0.1, 0.15) is 23.9 Å². The molecule has 0 spiro atoms. The Hall–Kier alpha value is -1.82. The van der Waals surface area contributed by atoms with Gasteiger partial charge in [-0.1, -0.05) is 65.1 Å². The number of nitrogens with two attached hydrogens (primary N) is 1. The first kappa shape index (κ1) is 36.6. The fraction of sp³-hybridized carbons (Fsp3) is 0.731. The number of nitrogens with zero attached hydrogens (tertiary/aromatic N) is 4. The molecular formula is C26H43N6O9PS2. The average molecular weight is 679 g/mol. The number of carbonyl (C=O) groups is 2. The largest absolute Gasteiger partial charge is 0.474 e. The second kappa shape index (κ2) is 14.3. The molecule has 1 aliphatic heterocycles. The number of aliphatic hydroxyl groups is 2. The van der Waals surface area contributed by atoms with Gasteiger partial charge in [0.05, 0.1) is 31.7 Å². The van der Waals surface area contributed by atoms with Gasteiger partial charge in [-0.3, -0.25) is 23.2 Å². The van der Waals surface area contributed by atoms with Gasteiger partial charge >= 0.3 is 7.82 Å². The molecule has 15 nitrogen and oxygen atoms in total. The van der Waals surface area contributed by atoms with Crippen LogP contribution in [0.2, 0.25) is 0 Å². The highest BCUT2D eigenvalue weighted by Gasteiger charge is 2.54. The van der Waals surface area contributed by atoms with Crippen molar-refractivity contribution < 1.29 is 42.7 Å². The molecular weight excluding hydrogens is 635 g/mol. The number of anilines is 2. The molecule has 0 bridgehead atoms. The van der Waals surface area contributed by atoms with Crippen LogP contribution in [-0.4, -0.2) is 96.2 Å². The van der Waals surface area contributed by atoms with Crippen molar-refractivity contribution in [3.63, 3.8) is 0 Å². The molecule has 44 heavy (non-hydrogen) atoms. The van der Waals surface area contributed by atoms with E-state index >= 15 is 0 Å². The lowest BCUT2D eigenvalue weighted by atomic mass is 9.91. The van der Waals surface area contributed by atoms with Crippen molar-refractivity contribution in [1.29, 1.82) is 0 Å². The fourth-order valence-corrected chi connectivity index (χ4v) is 6.96. The van der Waals surface area contributed by atoms with Gasteiger partial charge in [-0.25, -0.2) is 14.1 Å². The van der Waals surface area contributed by atoms with E-state index in [4.69, 9.17) is 24.0 Å². The number of fused-ring (bicyclic) bond motifs is 1. The van der Waals surface area contributed by atoms with Crippen LogP contribution in [0.4, 0.5) is 11.8 Å². The number of aliphatic hydroxyl groups excluding tert-OH is 1. The van der Waals surface area contributed by atoms with Crippen LogP contribution in [0.15, 0.2) is 6.20 Å². The molecule has 248 valence electrons. The van der Waals surface area contributed by atoms with Crippen LogP contribution in [-0.2, 0) is 32.5 Å². The number of ether oxygens (including phenoxy) is 1. The minimum absolute atomic E-state index is 0.0564. The van der Waals surface area contributed by atoms with Crippen molar-refractivity contribution in [2.75, 3.05) is 49.4 Å². The third-order valence-electron chi connectivity index (χ3n) is 6.46. The van der Waals surface area contributed by atoms with Crippen molar-refractivity contribution in [2.24, 2.45) is 10.8 Å². The highest BCUT2D eigenvalue weighted by Crippen LogP contribution is 2.51. The van der Waals surface area contributed by atoms with E-state index in [1.165, 1.54) is 17.6 Å². The normalized spacial score (nSPS) is 22.9. The van der Waals surface area contributed by atoms with Gasteiger partial charge in [-0.05, 0) is 6.92 Å². The number of carbonyl (C=O) groups excluding carboxylic acids is 2. The molecule has 2 aromatic heterocycles. The number of hydrogen-bond acceptors (Lipinski definition) is 16. The van der Waals surface area contributed by atoms with Gasteiger partial charge in [0, 0.05) is 29.4 Å². The summed E-state index contributed by atoms with van der Waals surface area (Å²) in [6.45, 7) is 11.4. The summed E-state index contributed by atoms with van der Waals surface area (Å²) in [5.41, 5.74) is 3.48.